The van der Waals surface area contributed by atoms with Crippen molar-refractivity contribution in [1.29, 1.82) is 0 Å². The van der Waals surface area contributed by atoms with Crippen molar-refractivity contribution in [3.05, 3.63) is 0 Å². The van der Waals surface area contributed by atoms with Gasteiger partial charge in [-0.1, -0.05) is 13.8 Å². The third-order valence-corrected chi connectivity index (χ3v) is 5.23. The molecule has 7 nitrogen and oxygen atoms in total. The summed E-state index contributed by atoms with van der Waals surface area (Å²) < 4.78 is 0. The molecule has 0 radical (unpaired) electrons. The van der Waals surface area contributed by atoms with Gasteiger partial charge >= 0.3 is 0 Å². The van der Waals surface area contributed by atoms with Crippen LogP contribution in [-0.2, 0) is 14.4 Å². The molecule has 3 N–H and O–H groups in total. The Morgan fingerprint density at radius 2 is 1.88 bits per heavy atom. The van der Waals surface area contributed by atoms with Crippen LogP contribution in [0.2, 0.25) is 0 Å². The van der Waals surface area contributed by atoms with Crippen molar-refractivity contribution < 1.29 is 14.4 Å². The zero-order valence-corrected chi connectivity index (χ0v) is 15.7. The van der Waals surface area contributed by atoms with Crippen molar-refractivity contribution in [2.45, 2.75) is 58.5 Å². The van der Waals surface area contributed by atoms with Crippen molar-refractivity contribution >= 4 is 17.7 Å². The molecule has 142 valence electrons. The Bertz CT molecular complexity index is 501. The van der Waals surface area contributed by atoms with E-state index in [4.69, 9.17) is 5.73 Å². The number of amides is 3. The van der Waals surface area contributed by atoms with Crippen molar-refractivity contribution in [1.82, 2.24) is 15.1 Å². The zero-order chi connectivity index (χ0) is 18.6. The van der Waals surface area contributed by atoms with E-state index in [9.17, 15) is 14.4 Å². The van der Waals surface area contributed by atoms with E-state index in [1.165, 1.54) is 0 Å². The maximum Gasteiger partial charge on any atom is 0.245 e. The van der Waals surface area contributed by atoms with E-state index in [-0.39, 0.29) is 35.7 Å². The third kappa shape index (κ3) is 5.17. The minimum atomic E-state index is -0.384. The van der Waals surface area contributed by atoms with Crippen LogP contribution in [0.25, 0.3) is 0 Å². The summed E-state index contributed by atoms with van der Waals surface area (Å²) in [6.07, 6.45) is 2.67. The fourth-order valence-corrected chi connectivity index (χ4v) is 3.82. The van der Waals surface area contributed by atoms with Crippen LogP contribution >= 0.6 is 0 Å². The first kappa shape index (κ1) is 19.7. The molecule has 0 spiro atoms. The molecule has 1 unspecified atom stereocenters. The number of primary amides is 1. The molecule has 0 aromatic carbocycles. The van der Waals surface area contributed by atoms with E-state index in [1.807, 2.05) is 11.8 Å². The van der Waals surface area contributed by atoms with E-state index in [0.29, 0.717) is 38.4 Å². The molecule has 2 heterocycles. The van der Waals surface area contributed by atoms with Crippen LogP contribution < -0.4 is 11.1 Å². The highest BCUT2D eigenvalue weighted by atomic mass is 16.2. The van der Waals surface area contributed by atoms with Crippen molar-refractivity contribution in [3.8, 4) is 0 Å². The quantitative estimate of drug-likeness (QED) is 0.720. The van der Waals surface area contributed by atoms with Crippen molar-refractivity contribution in [2.75, 3.05) is 26.2 Å². The third-order valence-electron chi connectivity index (χ3n) is 5.23. The second-order valence-corrected chi connectivity index (χ2v) is 7.79. The number of nitrogens with one attached hydrogen (secondary N) is 1. The van der Waals surface area contributed by atoms with Gasteiger partial charge in [-0.25, -0.2) is 0 Å². The number of piperidine rings is 1. The van der Waals surface area contributed by atoms with Gasteiger partial charge in [-0.2, -0.15) is 0 Å². The average molecular weight is 352 g/mol. The molecular weight excluding hydrogens is 320 g/mol. The molecule has 7 heteroatoms. The van der Waals surface area contributed by atoms with Crippen LogP contribution in [-0.4, -0.2) is 65.8 Å². The Labute approximate surface area is 150 Å². The lowest BCUT2D eigenvalue weighted by Crippen LogP contribution is -2.61. The van der Waals surface area contributed by atoms with Gasteiger partial charge in [0, 0.05) is 32.6 Å². The number of nitrogens with zero attached hydrogens (tertiary/aromatic N) is 2. The topological polar surface area (TPSA) is 95.7 Å². The first-order chi connectivity index (χ1) is 11.8. The number of rotatable bonds is 6. The lowest BCUT2D eigenvalue weighted by atomic mass is 9.92. The lowest BCUT2D eigenvalue weighted by Gasteiger charge is -2.41. The summed E-state index contributed by atoms with van der Waals surface area (Å²) in [5.74, 6) is 0.385. The molecule has 2 aliphatic heterocycles. The first-order valence-corrected chi connectivity index (χ1v) is 9.40. The summed E-state index contributed by atoms with van der Waals surface area (Å²) in [6, 6.07) is -0.623. The van der Waals surface area contributed by atoms with Crippen LogP contribution in [0.3, 0.4) is 0 Å². The molecule has 0 aromatic heterocycles. The molecule has 2 aliphatic rings. The number of piperazine rings is 1. The number of carbonyl (C=O) groups excluding carboxylic acids is 3. The van der Waals surface area contributed by atoms with Crippen molar-refractivity contribution in [2.24, 2.45) is 17.6 Å². The summed E-state index contributed by atoms with van der Waals surface area (Å²) >= 11 is 0. The normalized spacial score (nSPS) is 23.8. The van der Waals surface area contributed by atoms with Crippen LogP contribution in [0, 0.1) is 11.8 Å². The van der Waals surface area contributed by atoms with Gasteiger partial charge in [0.25, 0.3) is 0 Å². The maximum atomic E-state index is 13.1. The number of hydrogen-bond donors (Lipinski definition) is 2. The largest absolute Gasteiger partial charge is 0.370 e. The van der Waals surface area contributed by atoms with Gasteiger partial charge in [0.2, 0.25) is 17.7 Å². The van der Waals surface area contributed by atoms with Gasteiger partial charge in [-0.15, -0.1) is 0 Å². The van der Waals surface area contributed by atoms with Crippen LogP contribution in [0.1, 0.15) is 46.5 Å². The first-order valence-electron chi connectivity index (χ1n) is 9.40. The molecule has 0 saturated carbocycles. The summed E-state index contributed by atoms with van der Waals surface area (Å²) in [6.45, 7) is 8.58. The molecule has 25 heavy (non-hydrogen) atoms. The minimum absolute atomic E-state index is 0.00821. The minimum Gasteiger partial charge on any atom is -0.370 e. The van der Waals surface area contributed by atoms with Gasteiger partial charge in [0.15, 0.2) is 0 Å². The number of likely N-dealkylation sites (tertiary alicyclic amines) is 1. The predicted octanol–water partition coefficient (Wildman–Crippen LogP) is 0.335. The summed E-state index contributed by atoms with van der Waals surface area (Å²) in [5, 5.41) is 3.15. The van der Waals surface area contributed by atoms with E-state index in [0.717, 1.165) is 19.4 Å². The zero-order valence-electron chi connectivity index (χ0n) is 15.7. The Balaban J connectivity index is 2.04. The van der Waals surface area contributed by atoms with Gasteiger partial charge < -0.3 is 20.9 Å². The van der Waals surface area contributed by atoms with E-state index in [2.05, 4.69) is 19.2 Å². The SMILES string of the molecule is CC(C)CC(C(=O)N1CCC(CC(N)=O)CC1)N1CCN[C@@H](C)C1=O. The molecule has 2 saturated heterocycles. The molecular formula is C18H32N4O3. The van der Waals surface area contributed by atoms with E-state index < -0.39 is 0 Å². The fourth-order valence-electron chi connectivity index (χ4n) is 3.82. The molecule has 0 aromatic rings. The highest BCUT2D eigenvalue weighted by Crippen LogP contribution is 2.23. The van der Waals surface area contributed by atoms with Gasteiger partial charge in [0.05, 0.1) is 6.04 Å². The number of hydrogen-bond acceptors (Lipinski definition) is 4. The van der Waals surface area contributed by atoms with E-state index in [1.54, 1.807) is 4.90 Å². The second kappa shape index (κ2) is 8.65. The summed E-state index contributed by atoms with van der Waals surface area (Å²) in [5.41, 5.74) is 5.28. The van der Waals surface area contributed by atoms with E-state index >= 15 is 0 Å². The van der Waals surface area contributed by atoms with Crippen LogP contribution in [0.4, 0.5) is 0 Å². The highest BCUT2D eigenvalue weighted by Gasteiger charge is 2.37. The number of carbonyl (C=O) groups is 3. The standard InChI is InChI=1S/C18H32N4O3/c1-12(2)10-15(22-9-6-20-13(3)17(22)24)18(25)21-7-4-14(5-8-21)11-16(19)23/h12-15,20H,4-11H2,1-3H3,(H2,19,23)/t13-,15?/m0/s1. The van der Waals surface area contributed by atoms with Gasteiger partial charge in [-0.05, 0) is 38.0 Å². The maximum absolute atomic E-state index is 13.1. The molecule has 3 amide bonds. The Hall–Kier alpha value is -1.63. The van der Waals surface area contributed by atoms with Crippen LogP contribution in [0.15, 0.2) is 0 Å². The van der Waals surface area contributed by atoms with Gasteiger partial charge in [-0.3, -0.25) is 14.4 Å². The monoisotopic (exact) mass is 352 g/mol. The summed E-state index contributed by atoms with van der Waals surface area (Å²) in [4.78, 5) is 40.4. The second-order valence-electron chi connectivity index (χ2n) is 7.79. The fraction of sp³-hybridized carbons (Fsp3) is 0.833. The lowest BCUT2D eigenvalue weighted by molar-refractivity contribution is -0.150. The van der Waals surface area contributed by atoms with Crippen LogP contribution in [0.5, 0.6) is 0 Å². The molecule has 0 aliphatic carbocycles. The molecule has 2 atom stereocenters. The predicted molar refractivity (Wildman–Crippen MR) is 95.5 cm³/mol. The molecule has 0 bridgehead atoms. The highest BCUT2D eigenvalue weighted by molar-refractivity contribution is 5.90. The van der Waals surface area contributed by atoms with Gasteiger partial charge in [0.1, 0.15) is 6.04 Å². The smallest absolute Gasteiger partial charge is 0.245 e. The Kier molecular flexibility index (Phi) is 6.81. The molecule has 2 rings (SSSR count). The average Bonchev–Trinajstić information content (AvgIpc) is 2.55. The Morgan fingerprint density at radius 3 is 2.44 bits per heavy atom. The molecule has 2 fully saturated rings. The number of nitrogens with two attached hydrogens (primary N) is 1. The summed E-state index contributed by atoms with van der Waals surface area (Å²) in [7, 11) is 0. The Morgan fingerprint density at radius 1 is 1.24 bits per heavy atom. The van der Waals surface area contributed by atoms with Crippen molar-refractivity contribution in [3.63, 3.8) is 0 Å².